The van der Waals surface area contributed by atoms with Gasteiger partial charge in [0.15, 0.2) is 23.4 Å². The molecule has 4 rings (SSSR count). The Morgan fingerprint density at radius 3 is 2.67 bits per heavy atom. The summed E-state index contributed by atoms with van der Waals surface area (Å²) >= 11 is 0. The molecule has 2 heterocycles. The fourth-order valence-electron chi connectivity index (χ4n) is 3.14. The van der Waals surface area contributed by atoms with E-state index >= 15 is 0 Å². The van der Waals surface area contributed by atoms with Crippen LogP contribution in [0.5, 0.6) is 11.5 Å². The van der Waals surface area contributed by atoms with Crippen LogP contribution in [0, 0.1) is 6.92 Å². The third-order valence-corrected chi connectivity index (χ3v) is 5.02. The van der Waals surface area contributed by atoms with Gasteiger partial charge in [0, 0.05) is 12.2 Å². The summed E-state index contributed by atoms with van der Waals surface area (Å²) < 4.78 is 21.0. The molecule has 1 aromatic heterocycles. The molecule has 2 amide bonds. The average Bonchev–Trinajstić information content (AvgIpc) is 3.50. The van der Waals surface area contributed by atoms with E-state index in [1.165, 1.54) is 25.3 Å². The van der Waals surface area contributed by atoms with Gasteiger partial charge in [0.25, 0.3) is 11.8 Å². The molecule has 0 aliphatic carbocycles. The maximum Gasteiger partial charge on any atom is 0.338 e. The topological polar surface area (TPSA) is 116 Å². The molecule has 0 saturated heterocycles. The zero-order valence-corrected chi connectivity index (χ0v) is 18.0. The molecule has 3 aromatic rings. The quantitative estimate of drug-likeness (QED) is 0.530. The zero-order valence-electron chi connectivity index (χ0n) is 18.0. The molecule has 0 fully saturated rings. The second-order valence-corrected chi connectivity index (χ2v) is 7.41. The van der Waals surface area contributed by atoms with Crippen LogP contribution >= 0.6 is 0 Å². The van der Waals surface area contributed by atoms with E-state index in [4.69, 9.17) is 18.6 Å². The fraction of sp³-hybridized carbons (Fsp3) is 0.208. The van der Waals surface area contributed by atoms with Crippen LogP contribution in [0.15, 0.2) is 59.2 Å². The SMILES string of the molecule is Cc1ccc(C(=O)O[C@@H](C)C(=O)NCc2ccc3c(c2)OCO3)cc1NC(=O)c1ccco1. The molecule has 0 spiro atoms. The first-order chi connectivity index (χ1) is 15.9. The molecular formula is C24H22N2O7. The number of benzene rings is 2. The van der Waals surface area contributed by atoms with Gasteiger partial charge in [-0.15, -0.1) is 0 Å². The number of ether oxygens (including phenoxy) is 3. The number of nitrogens with one attached hydrogen (secondary N) is 2. The fourth-order valence-corrected chi connectivity index (χ4v) is 3.14. The molecule has 1 atom stereocenters. The van der Waals surface area contributed by atoms with Crippen LogP contribution in [0.1, 0.15) is 39.0 Å². The van der Waals surface area contributed by atoms with Crippen molar-refractivity contribution in [2.24, 2.45) is 0 Å². The predicted molar refractivity (Wildman–Crippen MR) is 117 cm³/mol. The molecule has 0 saturated carbocycles. The number of hydrogen-bond donors (Lipinski definition) is 2. The van der Waals surface area contributed by atoms with Crippen molar-refractivity contribution in [3.63, 3.8) is 0 Å². The second-order valence-electron chi connectivity index (χ2n) is 7.41. The van der Waals surface area contributed by atoms with E-state index in [1.54, 1.807) is 37.3 Å². The number of aryl methyl sites for hydroxylation is 1. The molecule has 9 heteroatoms. The number of hydrogen-bond acceptors (Lipinski definition) is 7. The standard InChI is InChI=1S/C24H22N2O7/c1-14-5-7-17(11-18(14)26-23(28)20-4-3-9-30-20)24(29)33-15(2)22(27)25-12-16-6-8-19-21(10-16)32-13-31-19/h3-11,15H,12-13H2,1-2H3,(H,25,27)(H,26,28)/t15-/m0/s1. The summed E-state index contributed by atoms with van der Waals surface area (Å²) in [4.78, 5) is 37.2. The van der Waals surface area contributed by atoms with E-state index in [0.717, 1.165) is 11.1 Å². The van der Waals surface area contributed by atoms with Crippen LogP contribution in [0.25, 0.3) is 0 Å². The highest BCUT2D eigenvalue weighted by Gasteiger charge is 2.20. The minimum atomic E-state index is -1.02. The Morgan fingerprint density at radius 1 is 1.06 bits per heavy atom. The van der Waals surface area contributed by atoms with E-state index in [9.17, 15) is 14.4 Å². The van der Waals surface area contributed by atoms with Crippen LogP contribution < -0.4 is 20.1 Å². The number of rotatable bonds is 7. The number of fused-ring (bicyclic) bond motifs is 1. The van der Waals surface area contributed by atoms with Gasteiger partial charge in [-0.25, -0.2) is 4.79 Å². The summed E-state index contributed by atoms with van der Waals surface area (Å²) in [7, 11) is 0. The summed E-state index contributed by atoms with van der Waals surface area (Å²) in [6.45, 7) is 3.69. The summed E-state index contributed by atoms with van der Waals surface area (Å²) in [6.07, 6.45) is 0.378. The van der Waals surface area contributed by atoms with Gasteiger partial charge in [-0.1, -0.05) is 12.1 Å². The smallest absolute Gasteiger partial charge is 0.338 e. The third-order valence-electron chi connectivity index (χ3n) is 5.02. The van der Waals surface area contributed by atoms with Gasteiger partial charge >= 0.3 is 5.97 Å². The highest BCUT2D eigenvalue weighted by Crippen LogP contribution is 2.32. The summed E-state index contributed by atoms with van der Waals surface area (Å²) in [5.74, 6) is -0.144. The van der Waals surface area contributed by atoms with Crippen molar-refractivity contribution in [3.8, 4) is 11.5 Å². The number of amides is 2. The van der Waals surface area contributed by atoms with Gasteiger partial charge in [0.05, 0.1) is 11.8 Å². The van der Waals surface area contributed by atoms with Crippen LogP contribution in [0.3, 0.4) is 0 Å². The van der Waals surface area contributed by atoms with E-state index < -0.39 is 23.9 Å². The van der Waals surface area contributed by atoms with Crippen molar-refractivity contribution in [2.45, 2.75) is 26.5 Å². The molecule has 2 N–H and O–H groups in total. The second kappa shape index (κ2) is 9.47. The van der Waals surface area contributed by atoms with Crippen LogP contribution in [0.4, 0.5) is 5.69 Å². The first-order valence-electron chi connectivity index (χ1n) is 10.2. The van der Waals surface area contributed by atoms with E-state index in [1.807, 2.05) is 6.07 Å². The Hall–Kier alpha value is -4.27. The molecular weight excluding hydrogens is 428 g/mol. The van der Waals surface area contributed by atoms with E-state index in [2.05, 4.69) is 10.6 Å². The molecule has 1 aliphatic heterocycles. The first kappa shape index (κ1) is 21.9. The molecule has 1 aliphatic rings. The van der Waals surface area contributed by atoms with Gasteiger partial charge in [0.2, 0.25) is 6.79 Å². The van der Waals surface area contributed by atoms with Gasteiger partial charge in [0.1, 0.15) is 0 Å². The lowest BCUT2D eigenvalue weighted by molar-refractivity contribution is -0.129. The van der Waals surface area contributed by atoms with Gasteiger partial charge < -0.3 is 29.3 Å². The van der Waals surface area contributed by atoms with Crippen molar-refractivity contribution >= 4 is 23.5 Å². The summed E-state index contributed by atoms with van der Waals surface area (Å²) in [5, 5.41) is 5.43. The largest absolute Gasteiger partial charge is 0.459 e. The Bertz CT molecular complexity index is 1190. The first-order valence-corrected chi connectivity index (χ1v) is 10.2. The minimum Gasteiger partial charge on any atom is -0.459 e. The minimum absolute atomic E-state index is 0.148. The van der Waals surface area contributed by atoms with Gasteiger partial charge in [-0.3, -0.25) is 9.59 Å². The molecule has 2 aromatic carbocycles. The molecule has 0 radical (unpaired) electrons. The predicted octanol–water partition coefficient (Wildman–Crippen LogP) is 3.43. The highest BCUT2D eigenvalue weighted by atomic mass is 16.7. The highest BCUT2D eigenvalue weighted by molar-refractivity contribution is 6.03. The van der Waals surface area contributed by atoms with Crippen molar-refractivity contribution in [1.82, 2.24) is 5.32 Å². The van der Waals surface area contributed by atoms with Gasteiger partial charge in [-0.05, 0) is 61.4 Å². The Kier molecular flexibility index (Phi) is 6.30. The number of furan rings is 1. The van der Waals surface area contributed by atoms with Crippen LogP contribution in [-0.2, 0) is 16.1 Å². The van der Waals surface area contributed by atoms with Crippen LogP contribution in [0.2, 0.25) is 0 Å². The number of carbonyl (C=O) groups is 3. The number of carbonyl (C=O) groups excluding carboxylic acids is 3. The maximum absolute atomic E-state index is 12.6. The molecule has 0 unspecified atom stereocenters. The van der Waals surface area contributed by atoms with Crippen LogP contribution in [-0.4, -0.2) is 30.7 Å². The third kappa shape index (κ3) is 5.15. The zero-order chi connectivity index (χ0) is 23.4. The Balaban J connectivity index is 1.34. The molecule has 33 heavy (non-hydrogen) atoms. The maximum atomic E-state index is 12.6. The lowest BCUT2D eigenvalue weighted by Crippen LogP contribution is -2.35. The van der Waals surface area contributed by atoms with E-state index in [0.29, 0.717) is 17.2 Å². The molecule has 0 bridgehead atoms. The van der Waals surface area contributed by atoms with Crippen molar-refractivity contribution in [1.29, 1.82) is 0 Å². The Labute approximate surface area is 189 Å². The Morgan fingerprint density at radius 2 is 1.88 bits per heavy atom. The summed E-state index contributed by atoms with van der Waals surface area (Å²) in [6, 6.07) is 13.2. The summed E-state index contributed by atoms with van der Waals surface area (Å²) in [5.41, 5.74) is 2.21. The monoisotopic (exact) mass is 450 g/mol. The average molecular weight is 450 g/mol. The number of esters is 1. The van der Waals surface area contributed by atoms with Gasteiger partial charge in [-0.2, -0.15) is 0 Å². The lowest BCUT2D eigenvalue weighted by Gasteiger charge is -2.15. The van der Waals surface area contributed by atoms with Crippen molar-refractivity contribution in [3.05, 3.63) is 77.2 Å². The normalized spacial score (nSPS) is 12.7. The molecule has 170 valence electrons. The van der Waals surface area contributed by atoms with Crippen molar-refractivity contribution < 1.29 is 33.0 Å². The lowest BCUT2D eigenvalue weighted by atomic mass is 10.1. The molecule has 9 nitrogen and oxygen atoms in total. The number of anilines is 1. The van der Waals surface area contributed by atoms with E-state index in [-0.39, 0.29) is 24.7 Å². The van der Waals surface area contributed by atoms with Crippen molar-refractivity contribution in [2.75, 3.05) is 12.1 Å².